The Morgan fingerprint density at radius 3 is 3.50 bits per heavy atom. The lowest BCUT2D eigenvalue weighted by molar-refractivity contribution is 0.169. The summed E-state index contributed by atoms with van der Waals surface area (Å²) in [7, 11) is 0. The summed E-state index contributed by atoms with van der Waals surface area (Å²) in [6, 6.07) is 0. The lowest BCUT2D eigenvalue weighted by Crippen LogP contribution is -2.13. The molecule has 3 heteroatoms. The maximum atomic E-state index is 5.12. The lowest BCUT2D eigenvalue weighted by Gasteiger charge is -1.96. The Labute approximate surface area is 59.7 Å². The van der Waals surface area contributed by atoms with Gasteiger partial charge in [-0.3, -0.25) is 0 Å². The van der Waals surface area contributed by atoms with Gasteiger partial charge in [-0.15, -0.1) is 0 Å². The second-order valence-electron chi connectivity index (χ2n) is 2.41. The summed E-state index contributed by atoms with van der Waals surface area (Å²) < 4.78 is 0. The van der Waals surface area contributed by atoms with Crippen LogP contribution in [0.4, 0.5) is 0 Å². The third kappa shape index (κ3) is 0.885. The number of fused-ring (bicyclic) bond motifs is 1. The molecular weight excluding hydrogens is 128 g/mol. The molecule has 0 aliphatic carbocycles. The van der Waals surface area contributed by atoms with Crippen molar-refractivity contribution in [3.63, 3.8) is 0 Å². The van der Waals surface area contributed by atoms with Gasteiger partial charge in [-0.05, 0) is 19.0 Å². The minimum Gasteiger partial charge on any atom is -0.383 e. The Hall–Kier alpha value is -0.960. The first-order valence-corrected chi connectivity index (χ1v) is 3.49. The Bertz CT molecular complexity index is 196. The highest BCUT2D eigenvalue weighted by Crippen LogP contribution is 2.19. The molecule has 0 saturated heterocycles. The summed E-state index contributed by atoms with van der Waals surface area (Å²) in [5.41, 5.74) is 4.00. The number of rotatable bonds is 0. The normalized spacial score (nSPS) is 23.2. The highest BCUT2D eigenvalue weighted by atomic mass is 16.7. The van der Waals surface area contributed by atoms with Crippen molar-refractivity contribution in [1.29, 1.82) is 0 Å². The van der Waals surface area contributed by atoms with Gasteiger partial charge in [-0.2, -0.15) is 0 Å². The average Bonchev–Trinajstić information content (AvgIpc) is 2.28. The van der Waals surface area contributed by atoms with Crippen molar-refractivity contribution in [2.24, 2.45) is 0 Å². The molecule has 3 nitrogen and oxygen atoms in total. The van der Waals surface area contributed by atoms with Crippen LogP contribution in [0, 0.1) is 0 Å². The summed E-state index contributed by atoms with van der Waals surface area (Å²) in [6.07, 6.45) is 5.02. The number of hydrogen-bond donors (Lipinski definition) is 2. The van der Waals surface area contributed by atoms with Crippen molar-refractivity contribution in [1.82, 2.24) is 10.8 Å². The van der Waals surface area contributed by atoms with Gasteiger partial charge in [0, 0.05) is 18.3 Å². The molecule has 0 saturated carbocycles. The molecule has 0 aromatic rings. The number of allylic oxidation sites excluding steroid dienone is 1. The number of nitrogens with one attached hydrogen (secondary N) is 2. The topological polar surface area (TPSA) is 33.3 Å². The molecular formula is C7H10N2O. The number of hydrogen-bond acceptors (Lipinski definition) is 3. The van der Waals surface area contributed by atoms with Crippen molar-refractivity contribution in [2.75, 3.05) is 13.1 Å². The van der Waals surface area contributed by atoms with E-state index in [9.17, 15) is 0 Å². The van der Waals surface area contributed by atoms with Crippen LogP contribution >= 0.6 is 0 Å². The van der Waals surface area contributed by atoms with Crippen LogP contribution in [0.2, 0.25) is 0 Å². The largest absolute Gasteiger partial charge is 0.383 e. The van der Waals surface area contributed by atoms with E-state index in [1.807, 2.05) is 6.20 Å². The fourth-order valence-electron chi connectivity index (χ4n) is 1.16. The highest BCUT2D eigenvalue weighted by Gasteiger charge is 2.14. The Morgan fingerprint density at radius 2 is 2.50 bits per heavy atom. The second-order valence-corrected chi connectivity index (χ2v) is 2.41. The molecule has 0 amide bonds. The Kier molecular flexibility index (Phi) is 1.36. The third-order valence-corrected chi connectivity index (χ3v) is 1.72. The van der Waals surface area contributed by atoms with E-state index < -0.39 is 0 Å². The molecule has 2 N–H and O–H groups in total. The summed E-state index contributed by atoms with van der Waals surface area (Å²) in [5.74, 6) is 0.991. The van der Waals surface area contributed by atoms with E-state index in [4.69, 9.17) is 4.84 Å². The van der Waals surface area contributed by atoms with Gasteiger partial charge >= 0.3 is 0 Å². The van der Waals surface area contributed by atoms with Crippen LogP contribution in [0.15, 0.2) is 23.6 Å². The Morgan fingerprint density at radius 1 is 1.50 bits per heavy atom. The minimum atomic E-state index is 0.911. The van der Waals surface area contributed by atoms with Crippen molar-refractivity contribution >= 4 is 0 Å². The molecule has 10 heavy (non-hydrogen) atoms. The molecule has 0 spiro atoms. The molecule has 2 rings (SSSR count). The first kappa shape index (κ1) is 5.80. The van der Waals surface area contributed by atoms with E-state index in [0.29, 0.717) is 0 Å². The Balaban J connectivity index is 2.21. The van der Waals surface area contributed by atoms with Crippen molar-refractivity contribution < 1.29 is 4.84 Å². The van der Waals surface area contributed by atoms with E-state index in [1.165, 1.54) is 5.57 Å². The number of hydroxylamine groups is 1. The van der Waals surface area contributed by atoms with Crippen LogP contribution in [0.3, 0.4) is 0 Å². The molecule has 0 unspecified atom stereocenters. The molecule has 0 fully saturated rings. The molecule has 0 bridgehead atoms. The van der Waals surface area contributed by atoms with E-state index in [0.717, 1.165) is 25.3 Å². The standard InChI is InChI=1S/C7H10N2O/c1-3-8-4-2-7-6(1)5-9-10-7/h2,5,8-9H,1,3-4H2. The van der Waals surface area contributed by atoms with Crippen LogP contribution in [-0.4, -0.2) is 13.1 Å². The fraction of sp³-hybridized carbons (Fsp3) is 0.429. The highest BCUT2D eigenvalue weighted by molar-refractivity contribution is 5.29. The quantitative estimate of drug-likeness (QED) is 0.504. The van der Waals surface area contributed by atoms with E-state index in [1.54, 1.807) is 0 Å². The summed E-state index contributed by atoms with van der Waals surface area (Å²) >= 11 is 0. The molecule has 2 heterocycles. The van der Waals surface area contributed by atoms with Gasteiger partial charge in [0.05, 0.1) is 0 Å². The molecule has 2 aliphatic heterocycles. The predicted octanol–water partition coefficient (Wildman–Crippen LogP) is 0.282. The molecule has 0 aromatic heterocycles. The SMILES string of the molecule is C1=C2CCNCC=C2ON1. The van der Waals surface area contributed by atoms with Crippen molar-refractivity contribution in [2.45, 2.75) is 6.42 Å². The fourth-order valence-corrected chi connectivity index (χ4v) is 1.16. The maximum absolute atomic E-state index is 5.12. The van der Waals surface area contributed by atoms with Crippen LogP contribution < -0.4 is 10.8 Å². The van der Waals surface area contributed by atoms with Gasteiger partial charge in [-0.25, -0.2) is 5.48 Å². The first-order chi connectivity index (χ1) is 4.97. The predicted molar refractivity (Wildman–Crippen MR) is 37.9 cm³/mol. The van der Waals surface area contributed by atoms with E-state index >= 15 is 0 Å². The van der Waals surface area contributed by atoms with Gasteiger partial charge in [0.25, 0.3) is 0 Å². The molecule has 0 atom stereocenters. The molecule has 54 valence electrons. The first-order valence-electron chi connectivity index (χ1n) is 3.49. The van der Waals surface area contributed by atoms with Crippen molar-refractivity contribution in [3.05, 3.63) is 23.6 Å². The van der Waals surface area contributed by atoms with Crippen LogP contribution in [0.5, 0.6) is 0 Å². The zero-order chi connectivity index (χ0) is 6.81. The molecule has 0 aromatic carbocycles. The van der Waals surface area contributed by atoms with Gasteiger partial charge in [-0.1, -0.05) is 0 Å². The average molecular weight is 138 g/mol. The van der Waals surface area contributed by atoms with Gasteiger partial charge in [0.15, 0.2) is 5.76 Å². The lowest BCUT2D eigenvalue weighted by atomic mass is 10.2. The van der Waals surface area contributed by atoms with E-state index in [-0.39, 0.29) is 0 Å². The monoisotopic (exact) mass is 138 g/mol. The van der Waals surface area contributed by atoms with Crippen LogP contribution in [0.1, 0.15) is 6.42 Å². The van der Waals surface area contributed by atoms with Crippen molar-refractivity contribution in [3.8, 4) is 0 Å². The van der Waals surface area contributed by atoms with Crippen LogP contribution in [0.25, 0.3) is 0 Å². The third-order valence-electron chi connectivity index (χ3n) is 1.72. The summed E-state index contributed by atoms with van der Waals surface area (Å²) in [6.45, 7) is 1.95. The zero-order valence-corrected chi connectivity index (χ0v) is 5.68. The second kappa shape index (κ2) is 2.34. The van der Waals surface area contributed by atoms with Gasteiger partial charge in [0.2, 0.25) is 0 Å². The maximum Gasteiger partial charge on any atom is 0.157 e. The zero-order valence-electron chi connectivity index (χ0n) is 5.68. The van der Waals surface area contributed by atoms with Crippen LogP contribution in [-0.2, 0) is 4.84 Å². The van der Waals surface area contributed by atoms with Gasteiger partial charge < -0.3 is 10.2 Å². The smallest absolute Gasteiger partial charge is 0.157 e. The van der Waals surface area contributed by atoms with E-state index in [2.05, 4.69) is 16.9 Å². The minimum absolute atomic E-state index is 0.911. The summed E-state index contributed by atoms with van der Waals surface area (Å²) in [5, 5.41) is 3.25. The molecule has 2 aliphatic rings. The van der Waals surface area contributed by atoms with Gasteiger partial charge in [0.1, 0.15) is 0 Å². The molecule has 0 radical (unpaired) electrons. The summed E-state index contributed by atoms with van der Waals surface area (Å²) in [4.78, 5) is 5.12.